The largest absolute Gasteiger partial charge is 0.379 e. The van der Waals surface area contributed by atoms with Gasteiger partial charge in [-0.3, -0.25) is 15.1 Å². The Morgan fingerprint density at radius 1 is 1.71 bits per heavy atom. The summed E-state index contributed by atoms with van der Waals surface area (Å²) in [6.45, 7) is 0.714. The van der Waals surface area contributed by atoms with Crippen molar-refractivity contribution in [2.45, 2.75) is 0 Å². The van der Waals surface area contributed by atoms with E-state index in [1.54, 1.807) is 17.8 Å². The molecule has 0 saturated heterocycles. The van der Waals surface area contributed by atoms with Crippen LogP contribution in [0.3, 0.4) is 0 Å². The van der Waals surface area contributed by atoms with Crippen LogP contribution in [0.2, 0.25) is 0 Å². The molecule has 5 nitrogen and oxygen atoms in total. The third-order valence-electron chi connectivity index (χ3n) is 1.62. The SMILES string of the molecule is CSCCNc1ccncc1[N+](=O)[O-]. The molecule has 0 saturated carbocycles. The van der Waals surface area contributed by atoms with Crippen LogP contribution in [0.25, 0.3) is 0 Å². The Balaban J connectivity index is 2.69. The summed E-state index contributed by atoms with van der Waals surface area (Å²) in [6, 6.07) is 1.61. The molecule has 0 aliphatic carbocycles. The maximum atomic E-state index is 10.6. The summed E-state index contributed by atoms with van der Waals surface area (Å²) >= 11 is 1.69. The first-order valence-corrected chi connectivity index (χ1v) is 5.46. The number of hydrogen-bond donors (Lipinski definition) is 1. The summed E-state index contributed by atoms with van der Waals surface area (Å²) in [7, 11) is 0. The van der Waals surface area contributed by atoms with Crippen molar-refractivity contribution >= 4 is 23.1 Å². The van der Waals surface area contributed by atoms with Crippen molar-refractivity contribution in [1.82, 2.24) is 4.98 Å². The van der Waals surface area contributed by atoms with E-state index in [4.69, 9.17) is 0 Å². The minimum absolute atomic E-state index is 0.0219. The van der Waals surface area contributed by atoms with Crippen LogP contribution in [-0.4, -0.2) is 28.5 Å². The molecule has 0 amide bonds. The van der Waals surface area contributed by atoms with E-state index >= 15 is 0 Å². The monoisotopic (exact) mass is 213 g/mol. The molecule has 76 valence electrons. The standard InChI is InChI=1S/C8H11N3O2S/c1-14-5-4-10-7-2-3-9-6-8(7)11(12)13/h2-3,6H,4-5H2,1H3,(H,9,10). The molecule has 0 bridgehead atoms. The second kappa shape index (κ2) is 5.43. The Labute approximate surface area is 86.1 Å². The average Bonchev–Trinajstić information content (AvgIpc) is 2.19. The summed E-state index contributed by atoms with van der Waals surface area (Å²) in [4.78, 5) is 13.8. The fourth-order valence-corrected chi connectivity index (χ4v) is 1.28. The molecule has 0 fully saturated rings. The molecule has 1 heterocycles. The molecule has 0 unspecified atom stereocenters. The first-order chi connectivity index (χ1) is 6.75. The Hall–Kier alpha value is -1.30. The summed E-state index contributed by atoms with van der Waals surface area (Å²) in [5, 5.41) is 13.6. The van der Waals surface area contributed by atoms with Gasteiger partial charge in [-0.05, 0) is 12.3 Å². The number of aromatic nitrogens is 1. The Morgan fingerprint density at radius 3 is 3.14 bits per heavy atom. The third-order valence-corrected chi connectivity index (χ3v) is 2.23. The van der Waals surface area contributed by atoms with Crippen molar-refractivity contribution in [2.75, 3.05) is 23.9 Å². The first kappa shape index (κ1) is 10.8. The highest BCUT2D eigenvalue weighted by Crippen LogP contribution is 2.21. The van der Waals surface area contributed by atoms with Crippen molar-refractivity contribution in [3.8, 4) is 0 Å². The fraction of sp³-hybridized carbons (Fsp3) is 0.375. The van der Waals surface area contributed by atoms with Crippen LogP contribution in [0, 0.1) is 10.1 Å². The van der Waals surface area contributed by atoms with Crippen LogP contribution < -0.4 is 5.32 Å². The zero-order valence-corrected chi connectivity index (χ0v) is 8.58. The molecule has 6 heteroatoms. The van der Waals surface area contributed by atoms with Gasteiger partial charge in [-0.25, -0.2) is 0 Å². The van der Waals surface area contributed by atoms with E-state index < -0.39 is 4.92 Å². The van der Waals surface area contributed by atoms with Gasteiger partial charge in [-0.2, -0.15) is 11.8 Å². The van der Waals surface area contributed by atoms with Gasteiger partial charge in [0.15, 0.2) is 0 Å². The quantitative estimate of drug-likeness (QED) is 0.458. The topological polar surface area (TPSA) is 68.1 Å². The molecule has 0 aliphatic heterocycles. The van der Waals surface area contributed by atoms with Crippen molar-refractivity contribution in [3.63, 3.8) is 0 Å². The Kier molecular flexibility index (Phi) is 4.18. The predicted octanol–water partition coefficient (Wildman–Crippen LogP) is 1.76. The van der Waals surface area contributed by atoms with Crippen molar-refractivity contribution < 1.29 is 4.92 Å². The molecule has 1 rings (SSSR count). The zero-order chi connectivity index (χ0) is 10.4. The van der Waals surface area contributed by atoms with Crippen molar-refractivity contribution in [2.24, 2.45) is 0 Å². The number of pyridine rings is 1. The van der Waals surface area contributed by atoms with Gasteiger partial charge in [0.05, 0.1) is 4.92 Å². The van der Waals surface area contributed by atoms with Crippen LogP contribution in [0.5, 0.6) is 0 Å². The summed E-state index contributed by atoms with van der Waals surface area (Å²) in [6.07, 6.45) is 4.78. The van der Waals surface area contributed by atoms with E-state index in [1.165, 1.54) is 12.4 Å². The van der Waals surface area contributed by atoms with Crippen LogP contribution >= 0.6 is 11.8 Å². The molecule has 1 N–H and O–H groups in total. The molecule has 1 aromatic heterocycles. The smallest absolute Gasteiger partial charge is 0.310 e. The summed E-state index contributed by atoms with van der Waals surface area (Å²) in [5.74, 6) is 0.916. The lowest BCUT2D eigenvalue weighted by Gasteiger charge is -2.04. The molecule has 0 radical (unpaired) electrons. The van der Waals surface area contributed by atoms with E-state index in [0.717, 1.165) is 5.75 Å². The van der Waals surface area contributed by atoms with Gasteiger partial charge < -0.3 is 5.32 Å². The molecule has 0 aromatic carbocycles. The van der Waals surface area contributed by atoms with Crippen molar-refractivity contribution in [1.29, 1.82) is 0 Å². The second-order valence-corrected chi connectivity index (χ2v) is 3.56. The predicted molar refractivity (Wildman–Crippen MR) is 57.8 cm³/mol. The molecule has 14 heavy (non-hydrogen) atoms. The highest BCUT2D eigenvalue weighted by Gasteiger charge is 2.11. The number of hydrogen-bond acceptors (Lipinski definition) is 5. The lowest BCUT2D eigenvalue weighted by molar-refractivity contribution is -0.384. The normalized spacial score (nSPS) is 9.79. The van der Waals surface area contributed by atoms with E-state index in [2.05, 4.69) is 10.3 Å². The molecular weight excluding hydrogens is 202 g/mol. The lowest BCUT2D eigenvalue weighted by Crippen LogP contribution is -2.06. The van der Waals surface area contributed by atoms with E-state index in [-0.39, 0.29) is 5.69 Å². The maximum Gasteiger partial charge on any atom is 0.310 e. The van der Waals surface area contributed by atoms with E-state index in [0.29, 0.717) is 12.2 Å². The van der Waals surface area contributed by atoms with E-state index in [1.807, 2.05) is 6.26 Å². The first-order valence-electron chi connectivity index (χ1n) is 4.07. The molecule has 0 spiro atoms. The number of rotatable bonds is 5. The van der Waals surface area contributed by atoms with Gasteiger partial charge in [0.1, 0.15) is 11.9 Å². The minimum atomic E-state index is -0.436. The minimum Gasteiger partial charge on any atom is -0.379 e. The summed E-state index contributed by atoms with van der Waals surface area (Å²) in [5.41, 5.74) is 0.549. The molecule has 0 aliphatic rings. The lowest BCUT2D eigenvalue weighted by atomic mass is 10.3. The summed E-state index contributed by atoms with van der Waals surface area (Å²) < 4.78 is 0. The van der Waals surface area contributed by atoms with Gasteiger partial charge in [-0.1, -0.05) is 0 Å². The fourth-order valence-electron chi connectivity index (χ4n) is 0.969. The van der Waals surface area contributed by atoms with Crippen LogP contribution in [-0.2, 0) is 0 Å². The van der Waals surface area contributed by atoms with Crippen LogP contribution in [0.4, 0.5) is 11.4 Å². The second-order valence-electron chi connectivity index (χ2n) is 2.57. The Bertz CT molecular complexity index is 319. The van der Waals surface area contributed by atoms with Crippen molar-refractivity contribution in [3.05, 3.63) is 28.6 Å². The van der Waals surface area contributed by atoms with Crippen LogP contribution in [0.15, 0.2) is 18.5 Å². The average molecular weight is 213 g/mol. The van der Waals surface area contributed by atoms with Gasteiger partial charge in [0, 0.05) is 18.5 Å². The number of thioether (sulfide) groups is 1. The maximum absolute atomic E-state index is 10.6. The molecular formula is C8H11N3O2S. The zero-order valence-electron chi connectivity index (χ0n) is 7.77. The number of anilines is 1. The van der Waals surface area contributed by atoms with Gasteiger partial charge in [-0.15, -0.1) is 0 Å². The van der Waals surface area contributed by atoms with E-state index in [9.17, 15) is 10.1 Å². The van der Waals surface area contributed by atoms with Gasteiger partial charge >= 0.3 is 5.69 Å². The highest BCUT2D eigenvalue weighted by molar-refractivity contribution is 7.98. The number of nitrogens with one attached hydrogen (secondary N) is 1. The van der Waals surface area contributed by atoms with Gasteiger partial charge in [0.2, 0.25) is 0 Å². The van der Waals surface area contributed by atoms with Crippen LogP contribution in [0.1, 0.15) is 0 Å². The third kappa shape index (κ3) is 2.88. The van der Waals surface area contributed by atoms with Gasteiger partial charge in [0.25, 0.3) is 0 Å². The number of nitro groups is 1. The molecule has 1 aromatic rings. The number of nitrogens with zero attached hydrogens (tertiary/aromatic N) is 2. The molecule has 0 atom stereocenters. The Morgan fingerprint density at radius 2 is 2.50 bits per heavy atom. The highest BCUT2D eigenvalue weighted by atomic mass is 32.2.